The molecule has 2 nitrogen and oxygen atoms in total. The number of piperidine rings is 1. The molecular formula is C15H29NO. The third-order valence-corrected chi connectivity index (χ3v) is 5.01. The smallest absolute Gasteiger partial charge is 0.0568 e. The minimum absolute atomic E-state index is 0.00297. The molecule has 2 fully saturated rings. The van der Waals surface area contributed by atoms with Gasteiger partial charge in [-0.1, -0.05) is 20.3 Å². The lowest BCUT2D eigenvalue weighted by atomic mass is 9.86. The molecular weight excluding hydrogens is 210 g/mol. The fourth-order valence-corrected chi connectivity index (χ4v) is 3.55. The highest BCUT2D eigenvalue weighted by molar-refractivity contribution is 4.79. The van der Waals surface area contributed by atoms with Gasteiger partial charge in [0.2, 0.25) is 0 Å². The number of likely N-dealkylation sites (tertiary alicyclic amines) is 1. The van der Waals surface area contributed by atoms with E-state index in [0.717, 1.165) is 18.3 Å². The minimum Gasteiger partial charge on any atom is -0.393 e. The van der Waals surface area contributed by atoms with E-state index in [-0.39, 0.29) is 6.10 Å². The van der Waals surface area contributed by atoms with Gasteiger partial charge in [0.05, 0.1) is 6.10 Å². The van der Waals surface area contributed by atoms with Crippen LogP contribution in [0.15, 0.2) is 0 Å². The van der Waals surface area contributed by atoms with Crippen LogP contribution in [-0.2, 0) is 0 Å². The van der Waals surface area contributed by atoms with Crippen LogP contribution in [0.3, 0.4) is 0 Å². The van der Waals surface area contributed by atoms with Crippen molar-refractivity contribution >= 4 is 0 Å². The highest BCUT2D eigenvalue weighted by Crippen LogP contribution is 2.29. The molecule has 2 unspecified atom stereocenters. The Balaban J connectivity index is 1.64. The van der Waals surface area contributed by atoms with Gasteiger partial charge in [-0.3, -0.25) is 0 Å². The molecule has 1 saturated heterocycles. The van der Waals surface area contributed by atoms with E-state index in [1.165, 1.54) is 51.7 Å². The fraction of sp³-hybridized carbons (Fsp3) is 1.00. The van der Waals surface area contributed by atoms with E-state index in [1.54, 1.807) is 0 Å². The second-order valence-corrected chi connectivity index (χ2v) is 6.47. The summed E-state index contributed by atoms with van der Waals surface area (Å²) >= 11 is 0. The van der Waals surface area contributed by atoms with Gasteiger partial charge < -0.3 is 10.0 Å². The standard InChI is InChI=1S/C15H29NO/c1-12(2)13-6-9-16(10-7-13)11-8-14-4-3-5-15(14)17/h12-15,17H,3-11H2,1-2H3. The van der Waals surface area contributed by atoms with Crippen LogP contribution < -0.4 is 0 Å². The third-order valence-electron chi connectivity index (χ3n) is 5.01. The van der Waals surface area contributed by atoms with Gasteiger partial charge in [0.1, 0.15) is 0 Å². The lowest BCUT2D eigenvalue weighted by molar-refractivity contribution is 0.105. The molecule has 1 aliphatic heterocycles. The summed E-state index contributed by atoms with van der Waals surface area (Å²) in [7, 11) is 0. The summed E-state index contributed by atoms with van der Waals surface area (Å²) in [5.41, 5.74) is 0. The maximum atomic E-state index is 9.81. The largest absolute Gasteiger partial charge is 0.393 e. The summed E-state index contributed by atoms with van der Waals surface area (Å²) in [5.74, 6) is 2.40. The number of aliphatic hydroxyl groups excluding tert-OH is 1. The van der Waals surface area contributed by atoms with Crippen molar-refractivity contribution in [1.29, 1.82) is 0 Å². The predicted octanol–water partition coefficient (Wildman–Crippen LogP) is 2.91. The van der Waals surface area contributed by atoms with Crippen molar-refractivity contribution in [3.8, 4) is 0 Å². The number of hydrogen-bond acceptors (Lipinski definition) is 2. The molecule has 2 heteroatoms. The summed E-state index contributed by atoms with van der Waals surface area (Å²) in [6, 6.07) is 0. The van der Waals surface area contributed by atoms with Crippen LogP contribution in [0.5, 0.6) is 0 Å². The predicted molar refractivity (Wildman–Crippen MR) is 72.0 cm³/mol. The molecule has 17 heavy (non-hydrogen) atoms. The van der Waals surface area contributed by atoms with E-state index >= 15 is 0 Å². The van der Waals surface area contributed by atoms with Crippen molar-refractivity contribution in [2.75, 3.05) is 19.6 Å². The van der Waals surface area contributed by atoms with E-state index in [2.05, 4.69) is 18.7 Å². The van der Waals surface area contributed by atoms with Gasteiger partial charge in [0, 0.05) is 0 Å². The van der Waals surface area contributed by atoms with Gasteiger partial charge in [-0.2, -0.15) is 0 Å². The lowest BCUT2D eigenvalue weighted by Crippen LogP contribution is -2.36. The van der Waals surface area contributed by atoms with Crippen molar-refractivity contribution in [3.05, 3.63) is 0 Å². The van der Waals surface area contributed by atoms with Crippen LogP contribution in [0.25, 0.3) is 0 Å². The van der Waals surface area contributed by atoms with Crippen molar-refractivity contribution < 1.29 is 5.11 Å². The van der Waals surface area contributed by atoms with Crippen molar-refractivity contribution in [2.24, 2.45) is 17.8 Å². The molecule has 0 aromatic heterocycles. The molecule has 2 rings (SSSR count). The molecule has 2 atom stereocenters. The Bertz CT molecular complexity index is 221. The van der Waals surface area contributed by atoms with Crippen LogP contribution in [0.1, 0.15) is 52.4 Å². The maximum absolute atomic E-state index is 9.81. The van der Waals surface area contributed by atoms with Crippen LogP contribution in [-0.4, -0.2) is 35.7 Å². The van der Waals surface area contributed by atoms with Crippen LogP contribution in [0, 0.1) is 17.8 Å². The zero-order valence-electron chi connectivity index (χ0n) is 11.6. The third kappa shape index (κ3) is 3.69. The topological polar surface area (TPSA) is 23.5 Å². The minimum atomic E-state index is 0.00297. The number of rotatable bonds is 4. The van der Waals surface area contributed by atoms with Gasteiger partial charge in [-0.05, 0) is 69.5 Å². The average Bonchev–Trinajstić information content (AvgIpc) is 2.73. The molecule has 100 valence electrons. The van der Waals surface area contributed by atoms with Gasteiger partial charge in [-0.25, -0.2) is 0 Å². The summed E-state index contributed by atoms with van der Waals surface area (Å²) < 4.78 is 0. The van der Waals surface area contributed by atoms with E-state index in [0.29, 0.717) is 5.92 Å². The molecule has 1 saturated carbocycles. The van der Waals surface area contributed by atoms with Gasteiger partial charge in [0.15, 0.2) is 0 Å². The van der Waals surface area contributed by atoms with Crippen LogP contribution >= 0.6 is 0 Å². The van der Waals surface area contributed by atoms with Crippen LogP contribution in [0.2, 0.25) is 0 Å². The molecule has 0 aromatic rings. The Hall–Kier alpha value is -0.0800. The normalized spacial score (nSPS) is 32.5. The molecule has 0 radical (unpaired) electrons. The first-order valence-corrected chi connectivity index (χ1v) is 7.57. The van der Waals surface area contributed by atoms with E-state index in [9.17, 15) is 5.11 Å². The first-order valence-electron chi connectivity index (χ1n) is 7.57. The Morgan fingerprint density at radius 1 is 1.12 bits per heavy atom. The molecule has 1 heterocycles. The van der Waals surface area contributed by atoms with E-state index in [1.807, 2.05) is 0 Å². The second kappa shape index (κ2) is 6.19. The first kappa shape index (κ1) is 13.4. The molecule has 0 amide bonds. The molecule has 0 aromatic carbocycles. The Labute approximate surface area is 106 Å². The highest BCUT2D eigenvalue weighted by atomic mass is 16.3. The number of nitrogens with zero attached hydrogens (tertiary/aromatic N) is 1. The van der Waals surface area contributed by atoms with Gasteiger partial charge >= 0.3 is 0 Å². The Morgan fingerprint density at radius 3 is 2.35 bits per heavy atom. The number of hydrogen-bond donors (Lipinski definition) is 1. The van der Waals surface area contributed by atoms with Gasteiger partial charge in [0.25, 0.3) is 0 Å². The summed E-state index contributed by atoms with van der Waals surface area (Å²) in [6.07, 6.45) is 7.51. The second-order valence-electron chi connectivity index (χ2n) is 6.47. The Morgan fingerprint density at radius 2 is 1.82 bits per heavy atom. The summed E-state index contributed by atoms with van der Waals surface area (Å²) in [4.78, 5) is 2.62. The molecule has 2 aliphatic rings. The molecule has 1 aliphatic carbocycles. The highest BCUT2D eigenvalue weighted by Gasteiger charge is 2.26. The average molecular weight is 239 g/mol. The summed E-state index contributed by atoms with van der Waals surface area (Å²) in [5, 5.41) is 9.81. The van der Waals surface area contributed by atoms with Crippen molar-refractivity contribution in [1.82, 2.24) is 4.90 Å². The molecule has 0 spiro atoms. The zero-order valence-corrected chi connectivity index (χ0v) is 11.6. The first-order chi connectivity index (χ1) is 8.16. The lowest BCUT2D eigenvalue weighted by Gasteiger charge is -2.34. The number of aliphatic hydroxyl groups is 1. The van der Waals surface area contributed by atoms with E-state index < -0.39 is 0 Å². The fourth-order valence-electron chi connectivity index (χ4n) is 3.55. The SMILES string of the molecule is CC(C)C1CCN(CCC2CCCC2O)CC1. The monoisotopic (exact) mass is 239 g/mol. The summed E-state index contributed by atoms with van der Waals surface area (Å²) in [6.45, 7) is 8.49. The maximum Gasteiger partial charge on any atom is 0.0568 e. The van der Waals surface area contributed by atoms with Crippen molar-refractivity contribution in [2.45, 2.75) is 58.5 Å². The van der Waals surface area contributed by atoms with Gasteiger partial charge in [-0.15, -0.1) is 0 Å². The quantitative estimate of drug-likeness (QED) is 0.815. The van der Waals surface area contributed by atoms with Crippen molar-refractivity contribution in [3.63, 3.8) is 0 Å². The molecule has 1 N–H and O–H groups in total. The van der Waals surface area contributed by atoms with E-state index in [4.69, 9.17) is 0 Å². The van der Waals surface area contributed by atoms with Crippen LogP contribution in [0.4, 0.5) is 0 Å². The molecule has 0 bridgehead atoms. The zero-order chi connectivity index (χ0) is 12.3. The Kier molecular flexibility index (Phi) is 4.87.